The van der Waals surface area contributed by atoms with Gasteiger partial charge in [0, 0.05) is 0 Å². The molecule has 0 saturated heterocycles. The summed E-state index contributed by atoms with van der Waals surface area (Å²) in [5, 5.41) is 15.3. The minimum atomic E-state index is 0.715. The van der Waals surface area contributed by atoms with E-state index < -0.39 is 0 Å². The number of rotatable bonds is 5. The van der Waals surface area contributed by atoms with Crippen molar-refractivity contribution in [3.8, 4) is 0 Å². The second-order valence-electron chi connectivity index (χ2n) is 2.53. The Morgan fingerprint density at radius 1 is 1.42 bits per heavy atom. The van der Waals surface area contributed by atoms with E-state index in [0.717, 1.165) is 25.0 Å². The summed E-state index contributed by atoms with van der Waals surface area (Å²) in [4.78, 5) is 4.65. The van der Waals surface area contributed by atoms with E-state index in [4.69, 9.17) is 5.21 Å². The van der Waals surface area contributed by atoms with E-state index in [-0.39, 0.29) is 0 Å². The average Bonchev–Trinajstić information content (AvgIpc) is 2.11. The van der Waals surface area contributed by atoms with Gasteiger partial charge in [-0.3, -0.25) is 0 Å². The van der Waals surface area contributed by atoms with Crippen molar-refractivity contribution in [3.05, 3.63) is 0 Å². The van der Waals surface area contributed by atoms with Crippen LogP contribution in [-0.2, 0) is 4.84 Å². The van der Waals surface area contributed by atoms with Gasteiger partial charge in [0.05, 0.1) is 11.4 Å². The Morgan fingerprint density at radius 3 is 2.50 bits per heavy atom. The summed E-state index contributed by atoms with van der Waals surface area (Å²) in [7, 11) is 1.53. The lowest BCUT2D eigenvalue weighted by molar-refractivity contribution is 0.212. The van der Waals surface area contributed by atoms with Gasteiger partial charge in [0.2, 0.25) is 0 Å². The van der Waals surface area contributed by atoms with Crippen LogP contribution < -0.4 is 0 Å². The topological polar surface area (TPSA) is 54.2 Å². The van der Waals surface area contributed by atoms with Gasteiger partial charge < -0.3 is 10.0 Å². The molecule has 0 bridgehead atoms. The Bertz CT molecular complexity index is 176. The molecule has 70 valence electrons. The Labute approximate surface area is 72.9 Å². The highest BCUT2D eigenvalue weighted by atomic mass is 16.6. The highest BCUT2D eigenvalue weighted by Gasteiger charge is 1.99. The van der Waals surface area contributed by atoms with Crippen molar-refractivity contribution in [2.24, 2.45) is 10.3 Å². The first-order chi connectivity index (χ1) is 5.74. The first kappa shape index (κ1) is 10.9. The number of hydrogen-bond donors (Lipinski definition) is 1. The fourth-order valence-corrected chi connectivity index (χ4v) is 0.791. The molecule has 4 heteroatoms. The normalized spacial score (nSPS) is 13.2. The molecule has 0 spiro atoms. The van der Waals surface area contributed by atoms with E-state index >= 15 is 0 Å². The molecule has 0 radical (unpaired) electrons. The molecule has 0 unspecified atom stereocenters. The molecule has 0 saturated carbocycles. The smallest absolute Gasteiger partial charge is 0.106 e. The predicted octanol–water partition coefficient (Wildman–Crippen LogP) is 2.03. The van der Waals surface area contributed by atoms with Crippen LogP contribution in [0.2, 0.25) is 0 Å². The van der Waals surface area contributed by atoms with E-state index in [1.165, 1.54) is 7.11 Å². The van der Waals surface area contributed by atoms with Gasteiger partial charge in [-0.15, -0.1) is 0 Å². The maximum absolute atomic E-state index is 8.37. The number of oxime groups is 2. The van der Waals surface area contributed by atoms with Crippen LogP contribution in [0.1, 0.15) is 33.1 Å². The van der Waals surface area contributed by atoms with Crippen molar-refractivity contribution < 1.29 is 10.0 Å². The van der Waals surface area contributed by atoms with E-state index in [1.807, 2.05) is 6.92 Å². The lowest BCUT2D eigenvalue weighted by Crippen LogP contribution is -2.01. The maximum Gasteiger partial charge on any atom is 0.106 e. The fraction of sp³-hybridized carbons (Fsp3) is 0.750. The van der Waals surface area contributed by atoms with E-state index in [2.05, 4.69) is 15.1 Å². The largest absolute Gasteiger partial charge is 0.411 e. The van der Waals surface area contributed by atoms with E-state index in [9.17, 15) is 0 Å². The highest BCUT2D eigenvalue weighted by molar-refractivity contribution is 5.89. The van der Waals surface area contributed by atoms with E-state index in [0.29, 0.717) is 5.71 Å². The minimum Gasteiger partial charge on any atom is -0.411 e. The van der Waals surface area contributed by atoms with Gasteiger partial charge in [-0.25, -0.2) is 0 Å². The quantitative estimate of drug-likeness (QED) is 0.392. The van der Waals surface area contributed by atoms with Crippen molar-refractivity contribution in [2.75, 3.05) is 7.11 Å². The molecule has 0 rings (SSSR count). The van der Waals surface area contributed by atoms with Gasteiger partial charge >= 0.3 is 0 Å². The molecule has 0 aromatic carbocycles. The van der Waals surface area contributed by atoms with Crippen LogP contribution in [0.4, 0.5) is 0 Å². The van der Waals surface area contributed by atoms with Crippen LogP contribution >= 0.6 is 0 Å². The molecule has 0 aromatic rings. The van der Waals surface area contributed by atoms with Crippen molar-refractivity contribution >= 4 is 11.4 Å². The molecule has 4 nitrogen and oxygen atoms in total. The summed E-state index contributed by atoms with van der Waals surface area (Å²) in [6.45, 7) is 3.79. The molecule has 0 aliphatic rings. The lowest BCUT2D eigenvalue weighted by atomic mass is 10.1. The van der Waals surface area contributed by atoms with Crippen molar-refractivity contribution in [1.82, 2.24) is 0 Å². The minimum absolute atomic E-state index is 0.715. The molecular weight excluding hydrogens is 156 g/mol. The molecule has 0 atom stereocenters. The first-order valence-corrected chi connectivity index (χ1v) is 4.01. The molecular formula is C8H16N2O2. The van der Waals surface area contributed by atoms with Gasteiger partial charge in [0.15, 0.2) is 0 Å². The SMILES string of the molecule is CCC(CCC(C)=NO)=NOC. The fourth-order valence-electron chi connectivity index (χ4n) is 0.791. The molecule has 0 amide bonds. The first-order valence-electron chi connectivity index (χ1n) is 4.01. The third kappa shape index (κ3) is 4.71. The van der Waals surface area contributed by atoms with Crippen LogP contribution in [0.25, 0.3) is 0 Å². The maximum atomic E-state index is 8.37. The monoisotopic (exact) mass is 172 g/mol. The molecule has 0 aliphatic heterocycles. The summed E-state index contributed by atoms with van der Waals surface area (Å²) in [5.74, 6) is 0. The van der Waals surface area contributed by atoms with Crippen molar-refractivity contribution in [1.29, 1.82) is 0 Å². The standard InChI is InChI=1S/C8H16N2O2/c1-4-8(10-12-3)6-5-7(2)9-11/h11H,4-6H2,1-3H3. The zero-order valence-electron chi connectivity index (χ0n) is 7.87. The molecule has 0 aliphatic carbocycles. The van der Waals surface area contributed by atoms with Gasteiger partial charge in [-0.05, 0) is 26.2 Å². The summed E-state index contributed by atoms with van der Waals surface area (Å²) < 4.78 is 0. The zero-order chi connectivity index (χ0) is 9.40. The summed E-state index contributed by atoms with van der Waals surface area (Å²) in [6.07, 6.45) is 2.39. The van der Waals surface area contributed by atoms with Crippen LogP contribution in [-0.4, -0.2) is 23.7 Å². The average molecular weight is 172 g/mol. The zero-order valence-corrected chi connectivity index (χ0v) is 7.87. The third-order valence-electron chi connectivity index (χ3n) is 1.57. The van der Waals surface area contributed by atoms with E-state index in [1.54, 1.807) is 6.92 Å². The van der Waals surface area contributed by atoms with Crippen molar-refractivity contribution in [3.63, 3.8) is 0 Å². The second kappa shape index (κ2) is 6.64. The van der Waals surface area contributed by atoms with Gasteiger partial charge in [-0.2, -0.15) is 0 Å². The molecule has 12 heavy (non-hydrogen) atoms. The van der Waals surface area contributed by atoms with Gasteiger partial charge in [0.1, 0.15) is 7.11 Å². The Kier molecular flexibility index (Phi) is 6.05. The van der Waals surface area contributed by atoms with Crippen LogP contribution in [0.15, 0.2) is 10.3 Å². The number of nitrogens with zero attached hydrogens (tertiary/aromatic N) is 2. The van der Waals surface area contributed by atoms with Crippen LogP contribution in [0.3, 0.4) is 0 Å². The van der Waals surface area contributed by atoms with Gasteiger partial charge in [0.25, 0.3) is 0 Å². The highest BCUT2D eigenvalue weighted by Crippen LogP contribution is 1.99. The molecule has 0 aromatic heterocycles. The Balaban J connectivity index is 3.81. The second-order valence-corrected chi connectivity index (χ2v) is 2.53. The van der Waals surface area contributed by atoms with Crippen LogP contribution in [0.5, 0.6) is 0 Å². The summed E-state index contributed by atoms with van der Waals surface area (Å²) in [5.41, 5.74) is 1.70. The Hall–Kier alpha value is -1.06. The lowest BCUT2D eigenvalue weighted by Gasteiger charge is -2.00. The summed E-state index contributed by atoms with van der Waals surface area (Å²) in [6, 6.07) is 0. The predicted molar refractivity (Wildman–Crippen MR) is 48.9 cm³/mol. The molecule has 0 heterocycles. The number of hydrogen-bond acceptors (Lipinski definition) is 4. The van der Waals surface area contributed by atoms with Crippen molar-refractivity contribution in [2.45, 2.75) is 33.1 Å². The molecule has 1 N–H and O–H groups in total. The third-order valence-corrected chi connectivity index (χ3v) is 1.57. The Morgan fingerprint density at radius 2 is 2.08 bits per heavy atom. The van der Waals surface area contributed by atoms with Crippen LogP contribution in [0, 0.1) is 0 Å². The molecule has 0 fully saturated rings. The summed E-state index contributed by atoms with van der Waals surface area (Å²) >= 11 is 0. The van der Waals surface area contributed by atoms with Gasteiger partial charge in [-0.1, -0.05) is 17.2 Å².